The van der Waals surface area contributed by atoms with E-state index in [0.29, 0.717) is 11.1 Å². The Kier molecular flexibility index (Phi) is 6.02. The largest absolute Gasteiger partial charge is 0.481 e. The summed E-state index contributed by atoms with van der Waals surface area (Å²) >= 11 is 0. The van der Waals surface area contributed by atoms with E-state index in [2.05, 4.69) is 6.07 Å². The van der Waals surface area contributed by atoms with Gasteiger partial charge in [0.05, 0.1) is 11.6 Å². The fourth-order valence-electron chi connectivity index (χ4n) is 4.33. The first kappa shape index (κ1) is 21.3. The third-order valence-corrected chi connectivity index (χ3v) is 5.90. The Morgan fingerprint density at radius 1 is 0.969 bits per heavy atom. The lowest BCUT2D eigenvalue weighted by Gasteiger charge is -2.21. The molecule has 1 aliphatic rings. The maximum absolute atomic E-state index is 12.8. The predicted molar refractivity (Wildman–Crippen MR) is 119 cm³/mol. The number of nitrogens with zero attached hydrogens (tertiary/aromatic N) is 1. The molecule has 3 aromatic carbocycles. The molecule has 0 amide bonds. The number of rotatable bonds is 7. The van der Waals surface area contributed by atoms with Crippen LogP contribution in [-0.2, 0) is 20.7 Å². The van der Waals surface area contributed by atoms with Crippen LogP contribution < -0.4 is 5.73 Å². The average Bonchev–Trinajstić information content (AvgIpc) is 3.11. The summed E-state index contributed by atoms with van der Waals surface area (Å²) in [5.41, 5.74) is 11.4. The number of nitrogens with two attached hydrogens (primary N) is 1. The molecule has 32 heavy (non-hydrogen) atoms. The van der Waals surface area contributed by atoms with Crippen LogP contribution >= 0.6 is 0 Å². The van der Waals surface area contributed by atoms with Gasteiger partial charge in [0, 0.05) is 12.0 Å². The Bertz CT molecular complexity index is 1170. The Hall–Kier alpha value is -3.95. The number of carbonyl (C=O) groups excluding carboxylic acids is 1. The van der Waals surface area contributed by atoms with E-state index in [0.717, 1.165) is 22.3 Å². The standard InChI is InChI=1S/C26H22N2O4/c27-14-17-8-2-1-7-16(17)13-23(28)24(25(29)30)26(31)32-15-22-20-11-5-3-9-18(20)19-10-4-6-12-21(19)22/h1-12,22-24H,13,15,28H2,(H,29,30)/t23?,24-/m0/s1. The number of hydrogen-bond acceptors (Lipinski definition) is 5. The molecule has 0 aliphatic heterocycles. The van der Waals surface area contributed by atoms with Crippen molar-refractivity contribution < 1.29 is 19.4 Å². The van der Waals surface area contributed by atoms with Crippen LogP contribution in [0, 0.1) is 17.2 Å². The van der Waals surface area contributed by atoms with Gasteiger partial charge >= 0.3 is 11.9 Å². The van der Waals surface area contributed by atoms with Crippen LogP contribution in [0.2, 0.25) is 0 Å². The number of nitriles is 1. The number of carboxylic acid groups (broad SMARTS) is 1. The number of ether oxygens (including phenoxy) is 1. The number of fused-ring (bicyclic) bond motifs is 3. The fourth-order valence-corrected chi connectivity index (χ4v) is 4.33. The van der Waals surface area contributed by atoms with Crippen LogP contribution in [0.4, 0.5) is 0 Å². The molecule has 3 N–H and O–H groups in total. The first-order chi connectivity index (χ1) is 15.5. The van der Waals surface area contributed by atoms with Crippen LogP contribution in [0.5, 0.6) is 0 Å². The first-order valence-corrected chi connectivity index (χ1v) is 10.3. The molecule has 0 fully saturated rings. The van der Waals surface area contributed by atoms with E-state index in [1.54, 1.807) is 24.3 Å². The van der Waals surface area contributed by atoms with Gasteiger partial charge in [-0.15, -0.1) is 0 Å². The van der Waals surface area contributed by atoms with Crippen molar-refractivity contribution in [2.24, 2.45) is 11.7 Å². The Labute approximate surface area is 185 Å². The van der Waals surface area contributed by atoms with E-state index in [4.69, 9.17) is 10.5 Å². The summed E-state index contributed by atoms with van der Waals surface area (Å²) in [6.45, 7) is 0.0259. The highest BCUT2D eigenvalue weighted by atomic mass is 16.5. The quantitative estimate of drug-likeness (QED) is 0.442. The Balaban J connectivity index is 1.51. The molecule has 2 atom stereocenters. The van der Waals surface area contributed by atoms with Gasteiger partial charge in [-0.05, 0) is 40.3 Å². The number of carboxylic acids is 1. The van der Waals surface area contributed by atoms with Gasteiger partial charge in [-0.1, -0.05) is 66.7 Å². The van der Waals surface area contributed by atoms with Crippen LogP contribution in [0.15, 0.2) is 72.8 Å². The minimum absolute atomic E-state index is 0.0259. The molecular formula is C26H22N2O4. The smallest absolute Gasteiger partial charge is 0.321 e. The lowest BCUT2D eigenvalue weighted by atomic mass is 9.92. The number of aliphatic carboxylic acids is 1. The van der Waals surface area contributed by atoms with Crippen LogP contribution in [0.3, 0.4) is 0 Å². The zero-order chi connectivity index (χ0) is 22.7. The molecule has 0 saturated carbocycles. The topological polar surface area (TPSA) is 113 Å². The normalized spacial score (nSPS) is 14.0. The molecule has 0 spiro atoms. The van der Waals surface area contributed by atoms with Crippen molar-refractivity contribution in [3.63, 3.8) is 0 Å². The summed E-state index contributed by atoms with van der Waals surface area (Å²) in [7, 11) is 0. The minimum Gasteiger partial charge on any atom is -0.481 e. The highest BCUT2D eigenvalue weighted by Crippen LogP contribution is 2.44. The van der Waals surface area contributed by atoms with Crippen molar-refractivity contribution in [1.82, 2.24) is 0 Å². The van der Waals surface area contributed by atoms with Gasteiger partial charge in [-0.25, -0.2) is 0 Å². The Morgan fingerprint density at radius 3 is 2.12 bits per heavy atom. The molecule has 4 rings (SSSR count). The van der Waals surface area contributed by atoms with Gasteiger partial charge in [0.2, 0.25) is 0 Å². The van der Waals surface area contributed by atoms with E-state index in [-0.39, 0.29) is 18.9 Å². The molecule has 6 heteroatoms. The van der Waals surface area contributed by atoms with Crippen LogP contribution in [-0.4, -0.2) is 29.7 Å². The van der Waals surface area contributed by atoms with E-state index >= 15 is 0 Å². The summed E-state index contributed by atoms with van der Waals surface area (Å²) in [4.78, 5) is 24.7. The first-order valence-electron chi connectivity index (χ1n) is 10.3. The third-order valence-electron chi connectivity index (χ3n) is 5.90. The highest BCUT2D eigenvalue weighted by molar-refractivity contribution is 5.95. The second-order valence-corrected chi connectivity index (χ2v) is 7.81. The molecule has 1 unspecified atom stereocenters. The fraction of sp³-hybridized carbons (Fsp3) is 0.192. The van der Waals surface area contributed by atoms with E-state index in [1.807, 2.05) is 48.5 Å². The number of esters is 1. The molecule has 0 radical (unpaired) electrons. The lowest BCUT2D eigenvalue weighted by Crippen LogP contribution is -2.43. The minimum atomic E-state index is -1.53. The second kappa shape index (κ2) is 9.04. The number of hydrogen-bond donors (Lipinski definition) is 2. The zero-order valence-corrected chi connectivity index (χ0v) is 17.3. The zero-order valence-electron chi connectivity index (χ0n) is 17.3. The molecule has 3 aromatic rings. The van der Waals surface area contributed by atoms with E-state index < -0.39 is 23.9 Å². The predicted octanol–water partition coefficient (Wildman–Crippen LogP) is 3.48. The summed E-state index contributed by atoms with van der Waals surface area (Å²) in [5.74, 6) is -3.92. The lowest BCUT2D eigenvalue weighted by molar-refractivity contribution is -0.159. The molecular weight excluding hydrogens is 404 g/mol. The van der Waals surface area contributed by atoms with Crippen molar-refractivity contribution in [2.75, 3.05) is 6.61 Å². The number of carbonyl (C=O) groups is 2. The SMILES string of the molecule is N#Cc1ccccc1CC(N)[C@@H](C(=O)O)C(=O)OCC1c2ccccc2-c2ccccc21. The van der Waals surface area contributed by atoms with Crippen LogP contribution in [0.1, 0.15) is 28.2 Å². The van der Waals surface area contributed by atoms with Gasteiger partial charge in [0.25, 0.3) is 0 Å². The molecule has 160 valence electrons. The molecule has 1 aliphatic carbocycles. The maximum atomic E-state index is 12.8. The third kappa shape index (κ3) is 3.98. The summed E-state index contributed by atoms with van der Waals surface area (Å²) < 4.78 is 5.51. The maximum Gasteiger partial charge on any atom is 0.321 e. The van der Waals surface area contributed by atoms with E-state index in [9.17, 15) is 20.0 Å². The van der Waals surface area contributed by atoms with Crippen LogP contribution in [0.25, 0.3) is 11.1 Å². The van der Waals surface area contributed by atoms with Crippen molar-refractivity contribution in [3.05, 3.63) is 95.1 Å². The van der Waals surface area contributed by atoms with Gasteiger partial charge < -0.3 is 15.6 Å². The highest BCUT2D eigenvalue weighted by Gasteiger charge is 2.36. The Morgan fingerprint density at radius 2 is 1.53 bits per heavy atom. The molecule has 0 saturated heterocycles. The van der Waals surface area contributed by atoms with Crippen molar-refractivity contribution in [2.45, 2.75) is 18.4 Å². The summed E-state index contributed by atoms with van der Waals surface area (Å²) in [6.07, 6.45) is 0.0743. The van der Waals surface area contributed by atoms with Gasteiger partial charge in [-0.3, -0.25) is 9.59 Å². The van der Waals surface area contributed by atoms with E-state index in [1.165, 1.54) is 0 Å². The van der Waals surface area contributed by atoms with Crippen molar-refractivity contribution in [3.8, 4) is 17.2 Å². The molecule has 0 bridgehead atoms. The van der Waals surface area contributed by atoms with Gasteiger partial charge in [0.15, 0.2) is 5.92 Å². The van der Waals surface area contributed by atoms with Gasteiger partial charge in [0.1, 0.15) is 6.61 Å². The summed E-state index contributed by atoms with van der Waals surface area (Å²) in [6, 6.07) is 23.6. The summed E-state index contributed by atoms with van der Waals surface area (Å²) in [5, 5.41) is 18.9. The van der Waals surface area contributed by atoms with Gasteiger partial charge in [-0.2, -0.15) is 5.26 Å². The monoisotopic (exact) mass is 426 g/mol. The number of benzene rings is 3. The average molecular weight is 426 g/mol. The molecule has 0 heterocycles. The molecule has 6 nitrogen and oxygen atoms in total. The second-order valence-electron chi connectivity index (χ2n) is 7.81. The van der Waals surface area contributed by atoms with Crippen molar-refractivity contribution in [1.29, 1.82) is 5.26 Å². The molecule has 0 aromatic heterocycles. The van der Waals surface area contributed by atoms with Crippen molar-refractivity contribution >= 4 is 11.9 Å².